The SMILES string of the molecule is C=CCOc1c(Cl)cc(C2C3=C(CCCC3=O)N(CCCOC)C3=C2C(=O)CCC3)cc1OCC. The highest BCUT2D eigenvalue weighted by molar-refractivity contribution is 6.32. The summed E-state index contributed by atoms with van der Waals surface area (Å²) in [4.78, 5) is 29.1. The molecule has 35 heavy (non-hydrogen) atoms. The Hall–Kier alpha value is -2.57. The van der Waals surface area contributed by atoms with Crippen LogP contribution in [-0.2, 0) is 14.3 Å². The predicted octanol–water partition coefficient (Wildman–Crippen LogP) is 5.75. The van der Waals surface area contributed by atoms with Crippen molar-refractivity contribution in [3.8, 4) is 11.5 Å². The molecule has 1 aromatic rings. The summed E-state index contributed by atoms with van der Waals surface area (Å²) in [6, 6.07) is 3.71. The van der Waals surface area contributed by atoms with Gasteiger partial charge in [-0.2, -0.15) is 0 Å². The quantitative estimate of drug-likeness (QED) is 0.301. The highest BCUT2D eigenvalue weighted by Gasteiger charge is 2.43. The van der Waals surface area contributed by atoms with Gasteiger partial charge >= 0.3 is 0 Å². The molecule has 0 spiro atoms. The Morgan fingerprint density at radius 1 is 1.06 bits per heavy atom. The van der Waals surface area contributed by atoms with E-state index in [2.05, 4.69) is 11.5 Å². The van der Waals surface area contributed by atoms with Crippen LogP contribution >= 0.6 is 11.6 Å². The van der Waals surface area contributed by atoms with Gasteiger partial charge in [0, 0.05) is 61.6 Å². The zero-order chi connectivity index (χ0) is 24.9. The van der Waals surface area contributed by atoms with Crippen molar-refractivity contribution in [2.45, 2.75) is 57.8 Å². The Bertz CT molecular complexity index is 1030. The number of ether oxygens (including phenoxy) is 3. The van der Waals surface area contributed by atoms with Crippen LogP contribution in [0.15, 0.2) is 47.3 Å². The number of hydrogen-bond acceptors (Lipinski definition) is 6. The largest absolute Gasteiger partial charge is 0.490 e. The van der Waals surface area contributed by atoms with E-state index in [1.165, 1.54) is 0 Å². The fourth-order valence-corrected chi connectivity index (χ4v) is 5.76. The average molecular weight is 500 g/mol. The van der Waals surface area contributed by atoms with E-state index in [-0.39, 0.29) is 11.6 Å². The van der Waals surface area contributed by atoms with E-state index in [4.69, 9.17) is 25.8 Å². The monoisotopic (exact) mass is 499 g/mol. The molecule has 3 aliphatic rings. The van der Waals surface area contributed by atoms with Crippen molar-refractivity contribution < 1.29 is 23.8 Å². The van der Waals surface area contributed by atoms with Crippen molar-refractivity contribution in [2.24, 2.45) is 0 Å². The molecule has 0 saturated heterocycles. The normalized spacial score (nSPS) is 18.5. The van der Waals surface area contributed by atoms with Crippen LogP contribution in [0.4, 0.5) is 0 Å². The van der Waals surface area contributed by atoms with Gasteiger partial charge in [0.2, 0.25) is 0 Å². The third-order valence-corrected chi connectivity index (χ3v) is 7.11. The minimum Gasteiger partial charge on any atom is -0.490 e. The zero-order valence-corrected chi connectivity index (χ0v) is 21.4. The number of halogens is 1. The second kappa shape index (κ2) is 11.4. The van der Waals surface area contributed by atoms with Crippen molar-refractivity contribution in [1.82, 2.24) is 4.90 Å². The number of nitrogens with zero attached hydrogens (tertiary/aromatic N) is 1. The lowest BCUT2D eigenvalue weighted by molar-refractivity contribution is -0.117. The van der Waals surface area contributed by atoms with Gasteiger partial charge in [-0.1, -0.05) is 24.3 Å². The molecular weight excluding hydrogens is 466 g/mol. The van der Waals surface area contributed by atoms with Crippen molar-refractivity contribution in [2.75, 3.05) is 33.5 Å². The van der Waals surface area contributed by atoms with Crippen molar-refractivity contribution >= 4 is 23.2 Å². The molecule has 4 rings (SSSR count). The van der Waals surface area contributed by atoms with E-state index in [0.29, 0.717) is 49.2 Å². The fraction of sp³-hybridized carbons (Fsp3) is 0.500. The molecule has 188 valence electrons. The van der Waals surface area contributed by atoms with E-state index >= 15 is 0 Å². The van der Waals surface area contributed by atoms with Gasteiger partial charge < -0.3 is 19.1 Å². The highest BCUT2D eigenvalue weighted by atomic mass is 35.5. The summed E-state index contributed by atoms with van der Waals surface area (Å²) in [5.41, 5.74) is 4.38. The van der Waals surface area contributed by atoms with E-state index < -0.39 is 5.92 Å². The molecule has 2 aliphatic carbocycles. The van der Waals surface area contributed by atoms with Gasteiger partial charge in [-0.15, -0.1) is 0 Å². The number of hydrogen-bond donors (Lipinski definition) is 0. The molecule has 0 aromatic heterocycles. The first-order valence-corrected chi connectivity index (χ1v) is 12.9. The van der Waals surface area contributed by atoms with Crippen LogP contribution in [0.5, 0.6) is 11.5 Å². The van der Waals surface area contributed by atoms with E-state index in [1.54, 1.807) is 13.2 Å². The molecule has 0 radical (unpaired) electrons. The minimum atomic E-state index is -0.440. The topological polar surface area (TPSA) is 65.1 Å². The summed E-state index contributed by atoms with van der Waals surface area (Å²) in [5, 5.41) is 0.395. The van der Waals surface area contributed by atoms with Gasteiger partial charge in [0.1, 0.15) is 6.61 Å². The van der Waals surface area contributed by atoms with Crippen LogP contribution in [0.2, 0.25) is 5.02 Å². The summed E-state index contributed by atoms with van der Waals surface area (Å²) in [6.45, 7) is 7.69. The summed E-state index contributed by atoms with van der Waals surface area (Å²) in [5.74, 6) is 0.736. The van der Waals surface area contributed by atoms with Gasteiger partial charge in [-0.3, -0.25) is 9.59 Å². The van der Waals surface area contributed by atoms with Gasteiger partial charge in [-0.05, 0) is 56.7 Å². The number of rotatable bonds is 10. The number of allylic oxidation sites excluding steroid dienone is 4. The second-order valence-corrected chi connectivity index (χ2v) is 9.48. The number of carbonyl (C=O) groups excluding carboxylic acids is 2. The molecule has 0 atom stereocenters. The van der Waals surface area contributed by atoms with Crippen LogP contribution in [0.25, 0.3) is 0 Å². The molecule has 0 saturated carbocycles. The summed E-state index contributed by atoms with van der Waals surface area (Å²) < 4.78 is 17.0. The second-order valence-electron chi connectivity index (χ2n) is 9.07. The Morgan fingerprint density at radius 2 is 1.71 bits per heavy atom. The van der Waals surface area contributed by atoms with Crippen LogP contribution in [0.1, 0.15) is 63.4 Å². The molecule has 0 bridgehead atoms. The standard InChI is InChI=1S/C28H34ClNO5/c1-4-14-35-28-19(29)16-18(17-24(28)34-5-2)25-26-20(9-6-11-22(26)31)30(13-8-15-33-3)21-10-7-12-23(32)27(21)25/h4,16-17,25H,1,5-15H2,2-3H3. The fourth-order valence-electron chi connectivity index (χ4n) is 5.49. The lowest BCUT2D eigenvalue weighted by atomic mass is 9.71. The number of benzene rings is 1. The Balaban J connectivity index is 1.89. The first kappa shape index (κ1) is 25.5. The molecule has 7 heteroatoms. The Kier molecular flexibility index (Phi) is 8.34. The average Bonchev–Trinajstić information content (AvgIpc) is 2.84. The zero-order valence-electron chi connectivity index (χ0n) is 20.7. The number of methoxy groups -OCH3 is 1. The van der Waals surface area contributed by atoms with Gasteiger partial charge in [-0.25, -0.2) is 0 Å². The molecule has 1 heterocycles. The number of carbonyl (C=O) groups is 2. The molecule has 0 amide bonds. The maximum atomic E-state index is 13.4. The maximum absolute atomic E-state index is 13.4. The summed E-state index contributed by atoms with van der Waals surface area (Å²) in [7, 11) is 1.69. The highest BCUT2D eigenvalue weighted by Crippen LogP contribution is 2.51. The molecule has 1 aromatic carbocycles. The van der Waals surface area contributed by atoms with Gasteiger partial charge in [0.05, 0.1) is 11.6 Å². The third kappa shape index (κ3) is 5.05. The Morgan fingerprint density at radius 3 is 2.29 bits per heavy atom. The van der Waals surface area contributed by atoms with E-state index in [0.717, 1.165) is 66.8 Å². The van der Waals surface area contributed by atoms with E-state index in [1.807, 2.05) is 19.1 Å². The van der Waals surface area contributed by atoms with E-state index in [9.17, 15) is 9.59 Å². The minimum absolute atomic E-state index is 0.110. The van der Waals surface area contributed by atoms with Gasteiger partial charge in [0.25, 0.3) is 0 Å². The van der Waals surface area contributed by atoms with Crippen molar-refractivity contribution in [3.05, 3.63) is 57.9 Å². The summed E-state index contributed by atoms with van der Waals surface area (Å²) >= 11 is 6.70. The smallest absolute Gasteiger partial charge is 0.180 e. The molecule has 0 N–H and O–H groups in total. The lowest BCUT2D eigenvalue weighted by Gasteiger charge is -2.44. The first-order chi connectivity index (χ1) is 17.0. The van der Waals surface area contributed by atoms with Crippen LogP contribution in [0, 0.1) is 0 Å². The van der Waals surface area contributed by atoms with Crippen LogP contribution in [0.3, 0.4) is 0 Å². The van der Waals surface area contributed by atoms with Crippen LogP contribution < -0.4 is 9.47 Å². The van der Waals surface area contributed by atoms with Gasteiger partial charge in [0.15, 0.2) is 23.1 Å². The predicted molar refractivity (Wildman–Crippen MR) is 136 cm³/mol. The number of ketones is 2. The number of Topliss-reactive ketones (excluding diaryl/α,β-unsaturated/α-hetero) is 2. The molecule has 0 fully saturated rings. The molecule has 6 nitrogen and oxygen atoms in total. The van der Waals surface area contributed by atoms with Crippen molar-refractivity contribution in [3.63, 3.8) is 0 Å². The first-order valence-electron chi connectivity index (χ1n) is 12.5. The molecule has 0 unspecified atom stereocenters. The summed E-state index contributed by atoms with van der Waals surface area (Å²) in [6.07, 6.45) is 6.74. The maximum Gasteiger partial charge on any atom is 0.180 e. The Labute approximate surface area is 212 Å². The molecular formula is C28H34ClNO5. The van der Waals surface area contributed by atoms with Crippen molar-refractivity contribution in [1.29, 1.82) is 0 Å². The molecule has 1 aliphatic heterocycles. The lowest BCUT2D eigenvalue weighted by Crippen LogP contribution is -2.39. The third-order valence-electron chi connectivity index (χ3n) is 6.83. The van der Waals surface area contributed by atoms with Crippen LogP contribution in [-0.4, -0.2) is 49.9 Å².